The molecule has 17 heavy (non-hydrogen) atoms. The Morgan fingerprint density at radius 2 is 2.18 bits per heavy atom. The summed E-state index contributed by atoms with van der Waals surface area (Å²) >= 11 is 0. The van der Waals surface area contributed by atoms with Crippen molar-refractivity contribution in [1.29, 1.82) is 0 Å². The molecule has 1 saturated heterocycles. The summed E-state index contributed by atoms with van der Waals surface area (Å²) in [6.45, 7) is 5.76. The number of nitro groups is 1. The molecule has 1 aliphatic rings. The van der Waals surface area contributed by atoms with Gasteiger partial charge in [0.1, 0.15) is 0 Å². The first-order chi connectivity index (χ1) is 8.20. The van der Waals surface area contributed by atoms with Crippen molar-refractivity contribution in [2.75, 3.05) is 6.54 Å². The Balaban J connectivity index is 2.03. The molecule has 0 bridgehead atoms. The van der Waals surface area contributed by atoms with Gasteiger partial charge in [-0.1, -0.05) is 18.2 Å². The normalized spacial score (nSPS) is 20.4. The number of nitrogens with zero attached hydrogens (tertiary/aromatic N) is 2. The lowest BCUT2D eigenvalue weighted by Crippen LogP contribution is -2.26. The van der Waals surface area contributed by atoms with E-state index >= 15 is 0 Å². The van der Waals surface area contributed by atoms with E-state index < -0.39 is 0 Å². The summed E-state index contributed by atoms with van der Waals surface area (Å²) in [5, 5.41) is 10.5. The Labute approximate surface area is 101 Å². The monoisotopic (exact) mass is 232 g/mol. The first-order valence-corrected chi connectivity index (χ1v) is 5.80. The molecule has 1 aromatic carbocycles. The Morgan fingerprint density at radius 3 is 2.76 bits per heavy atom. The molecule has 0 N–H and O–H groups in total. The summed E-state index contributed by atoms with van der Waals surface area (Å²) < 4.78 is 0. The molecule has 0 saturated carbocycles. The molecule has 4 nitrogen and oxygen atoms in total. The summed E-state index contributed by atoms with van der Waals surface area (Å²) in [5.74, 6) is 0. The van der Waals surface area contributed by atoms with Gasteiger partial charge in [-0.05, 0) is 24.9 Å². The van der Waals surface area contributed by atoms with E-state index in [4.69, 9.17) is 0 Å². The number of benzene rings is 1. The van der Waals surface area contributed by atoms with Gasteiger partial charge in [-0.15, -0.1) is 6.58 Å². The predicted molar refractivity (Wildman–Crippen MR) is 66.7 cm³/mol. The number of rotatable bonds is 4. The number of hydrogen-bond donors (Lipinski definition) is 0. The lowest BCUT2D eigenvalue weighted by atomic mass is 10.1. The van der Waals surface area contributed by atoms with Crippen LogP contribution in [-0.2, 0) is 6.54 Å². The molecule has 0 aromatic heterocycles. The highest BCUT2D eigenvalue weighted by Gasteiger charge is 2.21. The minimum atomic E-state index is -0.369. The highest BCUT2D eigenvalue weighted by molar-refractivity contribution is 5.32. The van der Waals surface area contributed by atoms with Gasteiger partial charge in [-0.25, -0.2) is 0 Å². The standard InChI is InChI=1S/C13H16N2O2/c1-2-12-4-3-9-14(12)10-11-5-7-13(8-6-11)15(16)17/h2,5-8,12H,1,3-4,9-10H2/t12-/m0/s1. The van der Waals surface area contributed by atoms with Gasteiger partial charge in [0.25, 0.3) is 5.69 Å². The largest absolute Gasteiger partial charge is 0.293 e. The zero-order valence-corrected chi connectivity index (χ0v) is 9.71. The molecule has 4 heteroatoms. The van der Waals surface area contributed by atoms with Crippen molar-refractivity contribution < 1.29 is 4.92 Å². The molecule has 1 atom stereocenters. The number of hydrogen-bond acceptors (Lipinski definition) is 3. The van der Waals surface area contributed by atoms with Crippen molar-refractivity contribution in [3.63, 3.8) is 0 Å². The lowest BCUT2D eigenvalue weighted by Gasteiger charge is -2.21. The van der Waals surface area contributed by atoms with E-state index in [0.29, 0.717) is 6.04 Å². The number of likely N-dealkylation sites (tertiary alicyclic amines) is 1. The lowest BCUT2D eigenvalue weighted by molar-refractivity contribution is -0.384. The molecule has 0 aliphatic carbocycles. The summed E-state index contributed by atoms with van der Waals surface area (Å²) in [6, 6.07) is 7.24. The third-order valence-corrected chi connectivity index (χ3v) is 3.22. The van der Waals surface area contributed by atoms with Crippen LogP contribution in [0.5, 0.6) is 0 Å². The van der Waals surface area contributed by atoms with Gasteiger partial charge in [0.05, 0.1) is 4.92 Å². The van der Waals surface area contributed by atoms with Gasteiger partial charge >= 0.3 is 0 Å². The van der Waals surface area contributed by atoms with Crippen molar-refractivity contribution in [3.8, 4) is 0 Å². The van der Waals surface area contributed by atoms with E-state index in [2.05, 4.69) is 11.5 Å². The van der Waals surface area contributed by atoms with E-state index in [9.17, 15) is 10.1 Å². The maximum atomic E-state index is 10.5. The Hall–Kier alpha value is -1.68. The second kappa shape index (κ2) is 5.10. The van der Waals surface area contributed by atoms with Crippen LogP contribution in [0.25, 0.3) is 0 Å². The van der Waals surface area contributed by atoms with Crippen molar-refractivity contribution in [2.45, 2.75) is 25.4 Å². The molecule has 90 valence electrons. The molecular weight excluding hydrogens is 216 g/mol. The highest BCUT2D eigenvalue weighted by atomic mass is 16.6. The molecule has 2 rings (SSSR count). The van der Waals surface area contributed by atoms with E-state index in [1.165, 1.54) is 6.42 Å². The SMILES string of the molecule is C=C[C@H]1CCCN1Cc1ccc([N+](=O)[O-])cc1. The molecule has 0 unspecified atom stereocenters. The van der Waals surface area contributed by atoms with Gasteiger partial charge in [0.2, 0.25) is 0 Å². The van der Waals surface area contributed by atoms with Crippen LogP contribution in [0.2, 0.25) is 0 Å². The second-order valence-corrected chi connectivity index (χ2v) is 4.34. The topological polar surface area (TPSA) is 46.4 Å². The third-order valence-electron chi connectivity index (χ3n) is 3.22. The van der Waals surface area contributed by atoms with Crippen LogP contribution < -0.4 is 0 Å². The Bertz CT molecular complexity index is 414. The molecule has 1 aromatic rings. The fourth-order valence-electron chi connectivity index (χ4n) is 2.27. The van der Waals surface area contributed by atoms with Gasteiger partial charge in [-0.3, -0.25) is 15.0 Å². The van der Waals surface area contributed by atoms with Gasteiger partial charge < -0.3 is 0 Å². The molecule has 1 heterocycles. The maximum absolute atomic E-state index is 10.5. The van der Waals surface area contributed by atoms with E-state index in [-0.39, 0.29) is 10.6 Å². The van der Waals surface area contributed by atoms with Gasteiger partial charge in [-0.2, -0.15) is 0 Å². The molecule has 1 aliphatic heterocycles. The van der Waals surface area contributed by atoms with Crippen molar-refractivity contribution >= 4 is 5.69 Å². The van der Waals surface area contributed by atoms with Crippen LogP contribution in [0.4, 0.5) is 5.69 Å². The quantitative estimate of drug-likeness (QED) is 0.455. The molecule has 1 fully saturated rings. The fourth-order valence-corrected chi connectivity index (χ4v) is 2.27. The minimum absolute atomic E-state index is 0.149. The summed E-state index contributed by atoms with van der Waals surface area (Å²) in [5.41, 5.74) is 1.26. The zero-order chi connectivity index (χ0) is 12.3. The van der Waals surface area contributed by atoms with Crippen molar-refractivity contribution in [1.82, 2.24) is 4.90 Å². The first kappa shape index (κ1) is 11.8. The second-order valence-electron chi connectivity index (χ2n) is 4.34. The minimum Gasteiger partial charge on any atom is -0.293 e. The maximum Gasteiger partial charge on any atom is 0.269 e. The van der Waals surface area contributed by atoms with Crippen LogP contribution in [-0.4, -0.2) is 22.4 Å². The van der Waals surface area contributed by atoms with Crippen LogP contribution >= 0.6 is 0 Å². The third kappa shape index (κ3) is 2.71. The smallest absolute Gasteiger partial charge is 0.269 e. The van der Waals surface area contributed by atoms with Crippen molar-refractivity contribution in [3.05, 3.63) is 52.6 Å². The predicted octanol–water partition coefficient (Wildman–Crippen LogP) is 2.75. The van der Waals surface area contributed by atoms with E-state index in [1.54, 1.807) is 12.1 Å². The van der Waals surface area contributed by atoms with Crippen LogP contribution in [0.3, 0.4) is 0 Å². The molecule has 0 radical (unpaired) electrons. The number of nitro benzene ring substituents is 1. The zero-order valence-electron chi connectivity index (χ0n) is 9.71. The van der Waals surface area contributed by atoms with Gasteiger partial charge in [0, 0.05) is 24.7 Å². The fraction of sp³-hybridized carbons (Fsp3) is 0.385. The summed E-state index contributed by atoms with van der Waals surface area (Å²) in [4.78, 5) is 12.5. The Morgan fingerprint density at radius 1 is 1.47 bits per heavy atom. The molecule has 0 spiro atoms. The Kier molecular flexibility index (Phi) is 3.54. The van der Waals surface area contributed by atoms with Crippen LogP contribution in [0.1, 0.15) is 18.4 Å². The molecule has 0 amide bonds. The van der Waals surface area contributed by atoms with E-state index in [0.717, 1.165) is 25.1 Å². The summed E-state index contributed by atoms with van der Waals surface area (Å²) in [7, 11) is 0. The highest BCUT2D eigenvalue weighted by Crippen LogP contribution is 2.21. The van der Waals surface area contributed by atoms with Crippen molar-refractivity contribution in [2.24, 2.45) is 0 Å². The van der Waals surface area contributed by atoms with Crippen LogP contribution in [0, 0.1) is 10.1 Å². The van der Waals surface area contributed by atoms with E-state index in [1.807, 2.05) is 18.2 Å². The molecular formula is C13H16N2O2. The van der Waals surface area contributed by atoms with Crippen LogP contribution in [0.15, 0.2) is 36.9 Å². The average Bonchev–Trinajstić information content (AvgIpc) is 2.77. The summed E-state index contributed by atoms with van der Waals surface area (Å²) in [6.07, 6.45) is 4.35. The average molecular weight is 232 g/mol. The number of non-ortho nitro benzene ring substituents is 1. The first-order valence-electron chi connectivity index (χ1n) is 5.80. The van der Waals surface area contributed by atoms with Gasteiger partial charge in [0.15, 0.2) is 0 Å².